The first-order valence-corrected chi connectivity index (χ1v) is 5.10. The number of primary sulfonamides is 1. The van der Waals surface area contributed by atoms with Crippen LogP contribution in [0.15, 0.2) is 23.1 Å². The molecular formula is C7H12ClN3O2S. The highest BCUT2D eigenvalue weighted by Crippen LogP contribution is 2.17. The van der Waals surface area contributed by atoms with Crippen LogP contribution in [0.1, 0.15) is 5.56 Å². The average Bonchev–Trinajstić information content (AvgIpc) is 2.01. The molecule has 0 unspecified atom stereocenters. The van der Waals surface area contributed by atoms with Crippen molar-refractivity contribution in [1.82, 2.24) is 0 Å². The van der Waals surface area contributed by atoms with Gasteiger partial charge in [-0.15, -0.1) is 12.4 Å². The van der Waals surface area contributed by atoms with E-state index in [9.17, 15) is 8.42 Å². The maximum Gasteiger partial charge on any atom is 0.238 e. The summed E-state index contributed by atoms with van der Waals surface area (Å²) in [6, 6.07) is 4.58. The molecular weight excluding hydrogens is 226 g/mol. The van der Waals surface area contributed by atoms with Gasteiger partial charge in [0.25, 0.3) is 0 Å². The molecule has 0 amide bonds. The van der Waals surface area contributed by atoms with Crippen molar-refractivity contribution in [2.45, 2.75) is 11.8 Å². The van der Waals surface area contributed by atoms with Crippen LogP contribution in [0.3, 0.4) is 0 Å². The summed E-state index contributed by atoms with van der Waals surface area (Å²) in [5.41, 5.74) is 3.62. The Bertz CT molecular complexity index is 419. The van der Waals surface area contributed by atoms with Crippen LogP contribution in [0.2, 0.25) is 0 Å². The Kier molecular flexibility index (Phi) is 4.34. The number of nitrogens with two attached hydrogens (primary N) is 2. The molecule has 0 spiro atoms. The summed E-state index contributed by atoms with van der Waals surface area (Å²) in [5, 5.41) is 4.97. The van der Waals surface area contributed by atoms with Crippen LogP contribution in [-0.2, 0) is 10.0 Å². The van der Waals surface area contributed by atoms with Gasteiger partial charge in [0.1, 0.15) is 0 Å². The van der Waals surface area contributed by atoms with Gasteiger partial charge in [-0.05, 0) is 30.7 Å². The lowest BCUT2D eigenvalue weighted by atomic mass is 10.2. The monoisotopic (exact) mass is 237 g/mol. The minimum atomic E-state index is -3.63. The maximum absolute atomic E-state index is 11.0. The summed E-state index contributed by atoms with van der Waals surface area (Å²) < 4.78 is 22.0. The van der Waals surface area contributed by atoms with Crippen molar-refractivity contribution in [2.24, 2.45) is 11.0 Å². The molecule has 80 valence electrons. The number of halogens is 1. The van der Waals surface area contributed by atoms with Crippen LogP contribution in [0, 0.1) is 6.92 Å². The van der Waals surface area contributed by atoms with Crippen LogP contribution in [0.4, 0.5) is 5.69 Å². The van der Waals surface area contributed by atoms with Gasteiger partial charge in [0.05, 0.1) is 4.90 Å². The first-order chi connectivity index (χ1) is 5.95. The van der Waals surface area contributed by atoms with E-state index in [4.69, 9.17) is 11.0 Å². The van der Waals surface area contributed by atoms with Gasteiger partial charge in [0.15, 0.2) is 0 Å². The summed E-state index contributed by atoms with van der Waals surface area (Å²) in [7, 11) is -3.63. The molecule has 7 heteroatoms. The summed E-state index contributed by atoms with van der Waals surface area (Å²) >= 11 is 0. The molecule has 0 radical (unpaired) electrons. The summed E-state index contributed by atoms with van der Waals surface area (Å²) in [6.45, 7) is 1.65. The van der Waals surface area contributed by atoms with Crippen molar-refractivity contribution in [2.75, 3.05) is 5.43 Å². The van der Waals surface area contributed by atoms with E-state index >= 15 is 0 Å². The predicted molar refractivity (Wildman–Crippen MR) is 57.6 cm³/mol. The number of nitrogen functional groups attached to an aromatic ring is 1. The fourth-order valence-electron chi connectivity index (χ4n) is 1.06. The highest BCUT2D eigenvalue weighted by atomic mass is 35.5. The predicted octanol–water partition coefficient (Wildman–Crippen LogP) is 0.350. The summed E-state index contributed by atoms with van der Waals surface area (Å²) in [4.78, 5) is 0.117. The Morgan fingerprint density at radius 1 is 1.36 bits per heavy atom. The van der Waals surface area contributed by atoms with Gasteiger partial charge in [-0.1, -0.05) is 0 Å². The zero-order valence-electron chi connectivity index (χ0n) is 7.52. The first-order valence-electron chi connectivity index (χ1n) is 3.55. The lowest BCUT2D eigenvalue weighted by Crippen LogP contribution is -2.14. The van der Waals surface area contributed by atoms with Gasteiger partial charge >= 0.3 is 0 Å². The van der Waals surface area contributed by atoms with Crippen molar-refractivity contribution in [3.05, 3.63) is 23.8 Å². The van der Waals surface area contributed by atoms with E-state index in [1.165, 1.54) is 6.07 Å². The number of nitrogens with one attached hydrogen (secondary N) is 1. The summed E-state index contributed by atoms with van der Waals surface area (Å²) in [6.07, 6.45) is 0. The van der Waals surface area contributed by atoms with Crippen LogP contribution >= 0.6 is 12.4 Å². The van der Waals surface area contributed by atoms with E-state index in [0.717, 1.165) is 0 Å². The van der Waals surface area contributed by atoms with E-state index in [-0.39, 0.29) is 17.3 Å². The number of hydrogen-bond acceptors (Lipinski definition) is 4. The Labute approximate surface area is 88.9 Å². The van der Waals surface area contributed by atoms with Crippen LogP contribution in [0.25, 0.3) is 0 Å². The van der Waals surface area contributed by atoms with Crippen molar-refractivity contribution in [3.63, 3.8) is 0 Å². The third-order valence-electron chi connectivity index (χ3n) is 1.65. The molecule has 0 saturated heterocycles. The van der Waals surface area contributed by atoms with Gasteiger partial charge in [-0.2, -0.15) is 0 Å². The highest BCUT2D eigenvalue weighted by molar-refractivity contribution is 7.89. The Morgan fingerprint density at radius 2 is 1.93 bits per heavy atom. The zero-order valence-corrected chi connectivity index (χ0v) is 9.15. The number of rotatable bonds is 2. The lowest BCUT2D eigenvalue weighted by molar-refractivity contribution is 0.597. The Morgan fingerprint density at radius 3 is 2.29 bits per heavy atom. The molecule has 1 aromatic carbocycles. The van der Waals surface area contributed by atoms with Crippen molar-refractivity contribution in [3.8, 4) is 0 Å². The molecule has 5 N–H and O–H groups in total. The molecule has 1 aromatic rings. The Hall–Kier alpha value is -0.820. The summed E-state index contributed by atoms with van der Waals surface area (Å²) in [5.74, 6) is 5.15. The van der Waals surface area contributed by atoms with E-state index < -0.39 is 10.0 Å². The number of sulfonamides is 1. The van der Waals surface area contributed by atoms with Crippen LogP contribution < -0.4 is 16.4 Å². The van der Waals surface area contributed by atoms with Gasteiger partial charge in [-0.25, -0.2) is 13.6 Å². The number of benzene rings is 1. The molecule has 0 heterocycles. The molecule has 0 aliphatic rings. The largest absolute Gasteiger partial charge is 0.324 e. The lowest BCUT2D eigenvalue weighted by Gasteiger charge is -2.05. The van der Waals surface area contributed by atoms with Crippen LogP contribution in [0.5, 0.6) is 0 Å². The molecule has 0 fully saturated rings. The fraction of sp³-hybridized carbons (Fsp3) is 0.143. The van der Waals surface area contributed by atoms with E-state index in [0.29, 0.717) is 11.3 Å². The second-order valence-electron chi connectivity index (χ2n) is 2.67. The minimum absolute atomic E-state index is 0. The first kappa shape index (κ1) is 13.2. The smallest absolute Gasteiger partial charge is 0.238 e. The van der Waals surface area contributed by atoms with Gasteiger partial charge < -0.3 is 5.43 Å². The van der Waals surface area contributed by atoms with E-state index in [1.54, 1.807) is 19.1 Å². The van der Waals surface area contributed by atoms with Crippen molar-refractivity contribution < 1.29 is 8.42 Å². The van der Waals surface area contributed by atoms with E-state index in [2.05, 4.69) is 5.43 Å². The molecule has 0 aliphatic heterocycles. The highest BCUT2D eigenvalue weighted by Gasteiger charge is 2.10. The standard InChI is InChI=1S/C7H11N3O2S.ClH/c1-5-4-6(10-8)2-3-7(5)13(9,11)12;/h2-4,10H,8H2,1H3,(H2,9,11,12);1H. The number of hydrazine groups is 1. The van der Waals surface area contributed by atoms with Crippen molar-refractivity contribution in [1.29, 1.82) is 0 Å². The van der Waals surface area contributed by atoms with Gasteiger partial charge in [-0.3, -0.25) is 5.84 Å². The van der Waals surface area contributed by atoms with Gasteiger partial charge in [0.2, 0.25) is 10.0 Å². The molecule has 0 saturated carbocycles. The average molecular weight is 238 g/mol. The van der Waals surface area contributed by atoms with Crippen molar-refractivity contribution >= 4 is 28.1 Å². The maximum atomic E-state index is 11.0. The molecule has 14 heavy (non-hydrogen) atoms. The fourth-order valence-corrected chi connectivity index (χ4v) is 1.82. The van der Waals surface area contributed by atoms with Gasteiger partial charge in [0, 0.05) is 5.69 Å². The minimum Gasteiger partial charge on any atom is -0.324 e. The number of anilines is 1. The molecule has 5 nitrogen and oxygen atoms in total. The second kappa shape index (κ2) is 4.61. The third-order valence-corrected chi connectivity index (χ3v) is 2.72. The van der Waals surface area contributed by atoms with Crippen LogP contribution in [-0.4, -0.2) is 8.42 Å². The second-order valence-corrected chi connectivity index (χ2v) is 4.20. The quantitative estimate of drug-likeness (QED) is 0.511. The molecule has 1 rings (SSSR count). The topological polar surface area (TPSA) is 98.2 Å². The zero-order chi connectivity index (χ0) is 10.1. The number of hydrogen-bond donors (Lipinski definition) is 3. The Balaban J connectivity index is 0.00000169. The normalized spacial score (nSPS) is 10.5. The molecule has 0 atom stereocenters. The molecule has 0 aliphatic carbocycles. The third kappa shape index (κ3) is 2.85. The SMILES string of the molecule is Cc1cc(NN)ccc1S(N)(=O)=O.Cl. The number of aryl methyl sites for hydroxylation is 1. The van der Waals surface area contributed by atoms with E-state index in [1.807, 2.05) is 0 Å². The molecule has 0 bridgehead atoms. The molecule has 0 aromatic heterocycles.